The van der Waals surface area contributed by atoms with Gasteiger partial charge in [0.15, 0.2) is 5.69 Å². The number of aromatic hydroxyl groups is 1. The van der Waals surface area contributed by atoms with Crippen LogP contribution < -0.4 is 14.7 Å². The van der Waals surface area contributed by atoms with E-state index in [1.165, 1.54) is 37.2 Å². The number of nitro benzene ring substituents is 2. The number of benzene rings is 4. The predicted octanol–water partition coefficient (Wildman–Crippen LogP) is 6.95. The maximum absolute atomic E-state index is 15.4. The van der Waals surface area contributed by atoms with Gasteiger partial charge in [0.1, 0.15) is 5.75 Å². The summed E-state index contributed by atoms with van der Waals surface area (Å²) in [5.41, 5.74) is -1.86. The van der Waals surface area contributed by atoms with E-state index in [1.54, 1.807) is 60.7 Å². The molecule has 14 nitrogen and oxygen atoms in total. The number of carbonyl (C=O) groups excluding carboxylic acids is 4. The number of anilines is 3. The van der Waals surface area contributed by atoms with Crippen molar-refractivity contribution < 1.29 is 34.1 Å². The van der Waals surface area contributed by atoms with Crippen LogP contribution in [0.4, 0.5) is 28.4 Å². The Morgan fingerprint density at radius 2 is 1.46 bits per heavy atom. The minimum Gasteiger partial charge on any atom is -0.508 e. The van der Waals surface area contributed by atoms with Crippen LogP contribution in [0.2, 0.25) is 10.0 Å². The van der Waals surface area contributed by atoms with E-state index >= 15 is 4.79 Å². The van der Waals surface area contributed by atoms with Gasteiger partial charge in [0.2, 0.25) is 23.6 Å². The smallest absolute Gasteiger partial charge is 0.301 e. The highest BCUT2D eigenvalue weighted by Gasteiger charge is 2.70. The molecular formula is C40H31Cl2N5O9. The van der Waals surface area contributed by atoms with Crippen LogP contribution in [-0.2, 0) is 24.6 Å². The second-order valence-electron chi connectivity index (χ2n) is 14.6. The number of nitro groups is 2. The molecule has 2 saturated heterocycles. The van der Waals surface area contributed by atoms with Crippen molar-refractivity contribution in [2.45, 2.75) is 24.2 Å². The quantitative estimate of drug-likeness (QED) is 0.0889. The van der Waals surface area contributed by atoms with Crippen molar-refractivity contribution in [1.82, 2.24) is 0 Å². The Labute approximate surface area is 328 Å². The van der Waals surface area contributed by atoms with Crippen LogP contribution in [0.1, 0.15) is 29.9 Å². The molecule has 0 bridgehead atoms. The molecule has 0 aromatic heterocycles. The second kappa shape index (κ2) is 13.3. The summed E-state index contributed by atoms with van der Waals surface area (Å²) in [7, 11) is 2.81. The number of hydrogen-bond donors (Lipinski definition) is 1. The highest BCUT2D eigenvalue weighted by molar-refractivity contribution is 6.33. The van der Waals surface area contributed by atoms with Gasteiger partial charge in [-0.25, -0.2) is 9.80 Å². The number of rotatable bonds is 7. The topological polar surface area (TPSA) is 185 Å². The molecule has 56 heavy (non-hydrogen) atoms. The van der Waals surface area contributed by atoms with Crippen molar-refractivity contribution in [2.75, 3.05) is 28.8 Å². The maximum Gasteiger partial charge on any atom is 0.301 e. The van der Waals surface area contributed by atoms with Crippen molar-refractivity contribution in [1.29, 1.82) is 0 Å². The van der Waals surface area contributed by atoms with E-state index in [9.17, 15) is 39.7 Å². The van der Waals surface area contributed by atoms with Crippen molar-refractivity contribution in [3.63, 3.8) is 0 Å². The summed E-state index contributed by atoms with van der Waals surface area (Å²) in [6.45, 7) is 0. The first kappa shape index (κ1) is 36.8. The number of hydrogen-bond acceptors (Lipinski definition) is 10. The van der Waals surface area contributed by atoms with Crippen LogP contribution in [-0.4, -0.2) is 52.7 Å². The minimum atomic E-state index is -1.62. The Kier molecular flexibility index (Phi) is 8.73. The zero-order chi connectivity index (χ0) is 40.0. The third-order valence-electron chi connectivity index (χ3n) is 11.6. The molecule has 2 aliphatic carbocycles. The van der Waals surface area contributed by atoms with Crippen molar-refractivity contribution in [3.8, 4) is 5.75 Å². The van der Waals surface area contributed by atoms with E-state index in [2.05, 4.69) is 0 Å². The lowest BCUT2D eigenvalue weighted by atomic mass is 9.49. The minimum absolute atomic E-state index is 0.0133. The summed E-state index contributed by atoms with van der Waals surface area (Å²) in [5.74, 6) is -7.70. The monoisotopic (exact) mass is 795 g/mol. The number of imide groups is 2. The zero-order valence-corrected chi connectivity index (χ0v) is 31.2. The van der Waals surface area contributed by atoms with Crippen LogP contribution in [0.25, 0.3) is 0 Å². The summed E-state index contributed by atoms with van der Waals surface area (Å²) in [6, 6.07) is 21.4. The van der Waals surface area contributed by atoms with Gasteiger partial charge in [-0.3, -0.25) is 39.4 Å². The van der Waals surface area contributed by atoms with Gasteiger partial charge in [-0.15, -0.1) is 0 Å². The van der Waals surface area contributed by atoms with Gasteiger partial charge in [0.05, 0.1) is 44.4 Å². The van der Waals surface area contributed by atoms with Gasteiger partial charge in [-0.05, 0) is 60.2 Å². The Bertz CT molecular complexity index is 2420. The summed E-state index contributed by atoms with van der Waals surface area (Å²) in [4.78, 5) is 85.2. The summed E-state index contributed by atoms with van der Waals surface area (Å²) in [5, 5.41) is 35.2. The van der Waals surface area contributed by atoms with Crippen molar-refractivity contribution in [2.24, 2.45) is 23.7 Å². The van der Waals surface area contributed by atoms with Crippen LogP contribution in [0.5, 0.6) is 5.75 Å². The summed E-state index contributed by atoms with van der Waals surface area (Å²) in [6.07, 6.45) is 1.76. The molecule has 0 spiro atoms. The van der Waals surface area contributed by atoms with E-state index < -0.39 is 79.9 Å². The molecule has 2 aliphatic heterocycles. The second-order valence-corrected chi connectivity index (χ2v) is 15.4. The summed E-state index contributed by atoms with van der Waals surface area (Å²) >= 11 is 13.3. The van der Waals surface area contributed by atoms with Crippen molar-refractivity contribution in [3.05, 3.63) is 138 Å². The van der Waals surface area contributed by atoms with Gasteiger partial charge in [-0.1, -0.05) is 77.3 Å². The number of phenols is 1. The Morgan fingerprint density at radius 3 is 2.07 bits per heavy atom. The molecule has 284 valence electrons. The normalized spacial score (nSPS) is 25.4. The number of phenolic OH excluding ortho intramolecular Hbond substituents is 1. The number of amides is 4. The van der Waals surface area contributed by atoms with E-state index in [-0.39, 0.29) is 40.7 Å². The van der Waals surface area contributed by atoms with E-state index in [1.807, 2.05) is 0 Å². The molecule has 1 saturated carbocycles. The number of fused-ring (bicyclic) bond motifs is 4. The molecule has 4 aromatic carbocycles. The molecule has 4 aromatic rings. The van der Waals surface area contributed by atoms with Crippen molar-refractivity contribution >= 4 is 75.3 Å². The van der Waals surface area contributed by atoms with Crippen LogP contribution in [0.15, 0.2) is 96.6 Å². The Hall–Kier alpha value is -6.12. The Balaban J connectivity index is 1.33. The number of halogens is 2. The summed E-state index contributed by atoms with van der Waals surface area (Å²) < 4.78 is 0. The lowest BCUT2D eigenvalue weighted by Crippen LogP contribution is -2.53. The maximum atomic E-state index is 15.4. The molecule has 8 rings (SSSR count). The lowest BCUT2D eigenvalue weighted by molar-refractivity contribution is -0.392. The number of allylic oxidation sites excluding steroid dienone is 2. The Morgan fingerprint density at radius 1 is 0.786 bits per heavy atom. The molecule has 6 unspecified atom stereocenters. The third kappa shape index (κ3) is 5.23. The van der Waals surface area contributed by atoms with Gasteiger partial charge in [0.25, 0.3) is 0 Å². The average molecular weight is 797 g/mol. The first-order valence-corrected chi connectivity index (χ1v) is 18.3. The molecule has 3 fully saturated rings. The van der Waals surface area contributed by atoms with Gasteiger partial charge < -0.3 is 10.0 Å². The molecule has 0 radical (unpaired) electrons. The SMILES string of the molecule is CN(C)c1c([N+](=O)[O-])cc(N2C(=O)C3CC=C4C(CC5C(=O)N(c6cccc(Cl)c6)C(=O)C5(c5ccccc5)C4c4ccc(O)cc4Cl)C3C2=O)cc1[N+](=O)[O-]. The predicted molar refractivity (Wildman–Crippen MR) is 206 cm³/mol. The van der Waals surface area contributed by atoms with E-state index in [4.69, 9.17) is 23.2 Å². The number of nitrogens with zero attached hydrogens (tertiary/aromatic N) is 5. The zero-order valence-electron chi connectivity index (χ0n) is 29.7. The van der Waals surface area contributed by atoms with E-state index in [0.29, 0.717) is 21.7 Å². The average Bonchev–Trinajstić information content (AvgIpc) is 3.55. The van der Waals surface area contributed by atoms with Crippen LogP contribution in [0, 0.1) is 43.9 Å². The first-order valence-electron chi connectivity index (χ1n) is 17.6. The standard InChI is InChI=1S/C40H31Cl2N5O9/c1-43(2)35-31(46(53)54)16-23(17-32(35)47(55)56)44-36(49)27-14-13-25-28(33(27)38(44)51)19-29-37(50)45(22-10-6-9-21(41)15-22)39(52)40(29,20-7-4-3-5-8-20)34(25)26-12-11-24(48)18-30(26)42/h3-13,15-18,27-29,33-34,48H,14,19H2,1-2H3. The molecule has 2 heterocycles. The molecule has 4 aliphatic rings. The fourth-order valence-electron chi connectivity index (χ4n) is 9.55. The van der Waals surface area contributed by atoms with Gasteiger partial charge >= 0.3 is 11.4 Å². The molecular weight excluding hydrogens is 765 g/mol. The fourth-order valence-corrected chi connectivity index (χ4v) is 10.0. The molecule has 4 amide bonds. The lowest BCUT2D eigenvalue weighted by Gasteiger charge is -2.51. The largest absolute Gasteiger partial charge is 0.508 e. The van der Waals surface area contributed by atoms with Crippen LogP contribution in [0.3, 0.4) is 0 Å². The van der Waals surface area contributed by atoms with Crippen LogP contribution >= 0.6 is 23.2 Å². The third-order valence-corrected chi connectivity index (χ3v) is 12.2. The highest BCUT2D eigenvalue weighted by Crippen LogP contribution is 2.65. The highest BCUT2D eigenvalue weighted by atomic mass is 35.5. The molecule has 16 heteroatoms. The van der Waals surface area contributed by atoms with Gasteiger partial charge in [0, 0.05) is 42.2 Å². The first-order chi connectivity index (χ1) is 26.7. The van der Waals surface area contributed by atoms with E-state index in [0.717, 1.165) is 21.9 Å². The molecule has 1 N–H and O–H groups in total. The van der Waals surface area contributed by atoms with Gasteiger partial charge in [-0.2, -0.15) is 0 Å². The fraction of sp³-hybridized carbons (Fsp3) is 0.250. The molecule has 6 atom stereocenters. The number of carbonyl (C=O) groups is 4.